The van der Waals surface area contributed by atoms with Gasteiger partial charge in [-0.2, -0.15) is 0 Å². The van der Waals surface area contributed by atoms with Crippen LogP contribution in [0.1, 0.15) is 51.4 Å². The van der Waals surface area contributed by atoms with Crippen LogP contribution >= 0.6 is 11.8 Å². The van der Waals surface area contributed by atoms with Gasteiger partial charge in [-0.25, -0.2) is 13.6 Å². The molecule has 1 unspecified atom stereocenters. The highest BCUT2D eigenvalue weighted by Crippen LogP contribution is 2.40. The minimum absolute atomic E-state index is 0.00155. The van der Waals surface area contributed by atoms with Gasteiger partial charge in [0.2, 0.25) is 15.9 Å². The number of nitrogens with zero attached hydrogens (tertiary/aromatic N) is 3. The summed E-state index contributed by atoms with van der Waals surface area (Å²) in [5, 5.41) is 16.8. The van der Waals surface area contributed by atoms with Crippen molar-refractivity contribution in [2.75, 3.05) is 5.32 Å². The van der Waals surface area contributed by atoms with Gasteiger partial charge in [-0.05, 0) is 44.0 Å². The van der Waals surface area contributed by atoms with Crippen molar-refractivity contribution in [3.8, 4) is 0 Å². The minimum Gasteiger partial charge on any atom is -0.325 e. The molecule has 1 aromatic carbocycles. The quantitative estimate of drug-likeness (QED) is 0.678. The van der Waals surface area contributed by atoms with E-state index >= 15 is 0 Å². The average Bonchev–Trinajstić information content (AvgIpc) is 3.34. The first kappa shape index (κ1) is 19.8. The molecule has 27 heavy (non-hydrogen) atoms. The van der Waals surface area contributed by atoms with Gasteiger partial charge in [0.15, 0.2) is 5.16 Å². The lowest BCUT2D eigenvalue weighted by molar-refractivity contribution is -0.115. The van der Waals surface area contributed by atoms with Crippen LogP contribution < -0.4 is 10.5 Å². The molecule has 0 bridgehead atoms. The maximum Gasteiger partial charge on any atom is 0.238 e. The number of hydrogen-bond donors (Lipinski definition) is 2. The molecule has 0 spiro atoms. The van der Waals surface area contributed by atoms with Gasteiger partial charge in [-0.1, -0.05) is 25.6 Å². The number of primary sulfonamides is 1. The molecule has 1 amide bonds. The van der Waals surface area contributed by atoms with Gasteiger partial charge >= 0.3 is 0 Å². The second-order valence-electron chi connectivity index (χ2n) is 6.92. The molecule has 3 N–H and O–H groups in total. The fraction of sp³-hybridized carbons (Fsp3) is 0.471. The molecule has 1 aliphatic carbocycles. The lowest BCUT2D eigenvalue weighted by Gasteiger charge is -2.14. The Kier molecular flexibility index (Phi) is 5.59. The van der Waals surface area contributed by atoms with Crippen molar-refractivity contribution in [1.29, 1.82) is 0 Å². The summed E-state index contributed by atoms with van der Waals surface area (Å²) in [4.78, 5) is 12.5. The number of nitrogens with one attached hydrogen (secondary N) is 1. The summed E-state index contributed by atoms with van der Waals surface area (Å²) in [5.74, 6) is 1.03. The van der Waals surface area contributed by atoms with E-state index in [-0.39, 0.29) is 22.0 Å². The number of anilines is 1. The van der Waals surface area contributed by atoms with Crippen molar-refractivity contribution < 1.29 is 13.2 Å². The Morgan fingerprint density at radius 2 is 1.85 bits per heavy atom. The number of amides is 1. The third-order valence-corrected chi connectivity index (χ3v) is 6.21. The molecular formula is C17H23N5O3S2. The van der Waals surface area contributed by atoms with Crippen molar-refractivity contribution in [2.24, 2.45) is 5.14 Å². The number of nitrogens with two attached hydrogens (primary N) is 1. The highest BCUT2D eigenvalue weighted by molar-refractivity contribution is 8.00. The Labute approximate surface area is 163 Å². The molecule has 1 fully saturated rings. The van der Waals surface area contributed by atoms with Gasteiger partial charge in [0.05, 0.1) is 10.1 Å². The summed E-state index contributed by atoms with van der Waals surface area (Å²) < 4.78 is 24.7. The molecular weight excluding hydrogens is 386 g/mol. The first-order valence-corrected chi connectivity index (χ1v) is 11.1. The van der Waals surface area contributed by atoms with E-state index in [1.54, 1.807) is 6.92 Å². The predicted octanol–water partition coefficient (Wildman–Crippen LogP) is 2.50. The maximum atomic E-state index is 12.5. The zero-order valence-corrected chi connectivity index (χ0v) is 17.0. The van der Waals surface area contributed by atoms with Crippen LogP contribution in [0.5, 0.6) is 0 Å². The normalized spacial score (nSPS) is 15.7. The third kappa shape index (κ3) is 4.69. The van der Waals surface area contributed by atoms with Crippen molar-refractivity contribution in [1.82, 2.24) is 14.8 Å². The van der Waals surface area contributed by atoms with E-state index < -0.39 is 10.0 Å². The van der Waals surface area contributed by atoms with Crippen molar-refractivity contribution in [3.63, 3.8) is 0 Å². The Morgan fingerprint density at radius 1 is 1.22 bits per heavy atom. The second-order valence-corrected chi connectivity index (χ2v) is 9.78. The molecule has 1 aromatic heterocycles. The molecule has 0 radical (unpaired) electrons. The highest BCUT2D eigenvalue weighted by atomic mass is 32.2. The van der Waals surface area contributed by atoms with E-state index in [2.05, 4.69) is 33.9 Å². The highest BCUT2D eigenvalue weighted by Gasteiger charge is 2.31. The standard InChI is InChI=1S/C17H23N5O3S2/c1-10(2)15-20-21-17(22(15)13-6-7-13)26-11(3)16(23)19-12-4-8-14(9-5-12)27(18,24)25/h4-5,8-11,13H,6-7H2,1-3H3,(H,19,23)(H2,18,24,25). The largest absolute Gasteiger partial charge is 0.325 e. The molecule has 0 aliphatic heterocycles. The molecule has 1 saturated carbocycles. The Balaban J connectivity index is 1.68. The molecule has 8 nitrogen and oxygen atoms in total. The number of benzene rings is 1. The summed E-state index contributed by atoms with van der Waals surface area (Å²) in [6, 6.07) is 6.18. The first-order valence-electron chi connectivity index (χ1n) is 8.72. The zero-order chi connectivity index (χ0) is 19.8. The van der Waals surface area contributed by atoms with Gasteiger partial charge in [0.25, 0.3) is 0 Å². The van der Waals surface area contributed by atoms with Gasteiger partial charge in [0.1, 0.15) is 5.82 Å². The Bertz CT molecular complexity index is 934. The average molecular weight is 410 g/mol. The SMILES string of the molecule is CC(Sc1nnc(C(C)C)n1C1CC1)C(=O)Nc1ccc(S(N)(=O)=O)cc1. The van der Waals surface area contributed by atoms with E-state index in [0.29, 0.717) is 11.7 Å². The second kappa shape index (κ2) is 7.61. The number of sulfonamides is 1. The first-order chi connectivity index (χ1) is 12.7. The lowest BCUT2D eigenvalue weighted by Crippen LogP contribution is -2.23. The molecule has 3 rings (SSSR count). The fourth-order valence-corrected chi connectivity index (χ4v) is 4.06. The number of thioether (sulfide) groups is 1. The van der Waals surface area contributed by atoms with Crippen LogP contribution in [0, 0.1) is 0 Å². The summed E-state index contributed by atoms with van der Waals surface area (Å²) >= 11 is 1.37. The van der Waals surface area contributed by atoms with Gasteiger partial charge in [-0.3, -0.25) is 4.79 Å². The summed E-state index contributed by atoms with van der Waals surface area (Å²) in [5.41, 5.74) is 0.506. The molecule has 10 heteroatoms. The van der Waals surface area contributed by atoms with Crippen LogP contribution in [0.25, 0.3) is 0 Å². The van der Waals surface area contributed by atoms with Crippen LogP contribution in [0.3, 0.4) is 0 Å². The topological polar surface area (TPSA) is 120 Å². The van der Waals surface area contributed by atoms with Crippen LogP contribution in [-0.2, 0) is 14.8 Å². The van der Waals surface area contributed by atoms with E-state index in [4.69, 9.17) is 5.14 Å². The lowest BCUT2D eigenvalue weighted by atomic mass is 10.2. The van der Waals surface area contributed by atoms with E-state index in [1.807, 2.05) is 0 Å². The van der Waals surface area contributed by atoms with Crippen LogP contribution in [0.15, 0.2) is 34.3 Å². The molecule has 1 atom stereocenters. The summed E-state index contributed by atoms with van der Waals surface area (Å²) in [6.07, 6.45) is 2.23. The third-order valence-electron chi connectivity index (χ3n) is 4.22. The number of carbonyl (C=O) groups excluding carboxylic acids is 1. The molecule has 1 heterocycles. The molecule has 2 aromatic rings. The maximum absolute atomic E-state index is 12.5. The number of rotatable bonds is 7. The summed E-state index contributed by atoms with van der Waals surface area (Å²) in [6.45, 7) is 5.97. The minimum atomic E-state index is -3.75. The van der Waals surface area contributed by atoms with E-state index in [0.717, 1.165) is 23.8 Å². The fourth-order valence-electron chi connectivity index (χ4n) is 2.62. The Hall–Kier alpha value is -1.91. The van der Waals surface area contributed by atoms with Crippen LogP contribution in [0.2, 0.25) is 0 Å². The van der Waals surface area contributed by atoms with Crippen molar-refractivity contribution in [2.45, 2.75) is 60.9 Å². The van der Waals surface area contributed by atoms with Gasteiger partial charge in [0, 0.05) is 17.6 Å². The monoisotopic (exact) mass is 409 g/mol. The van der Waals surface area contributed by atoms with Crippen molar-refractivity contribution in [3.05, 3.63) is 30.1 Å². The summed E-state index contributed by atoms with van der Waals surface area (Å²) in [7, 11) is -3.75. The number of hydrogen-bond acceptors (Lipinski definition) is 6. The molecule has 146 valence electrons. The molecule has 0 saturated heterocycles. The van der Waals surface area contributed by atoms with Crippen molar-refractivity contribution >= 4 is 33.4 Å². The van der Waals surface area contributed by atoms with E-state index in [9.17, 15) is 13.2 Å². The molecule has 1 aliphatic rings. The van der Waals surface area contributed by atoms with Crippen LogP contribution in [-0.4, -0.2) is 34.3 Å². The Morgan fingerprint density at radius 3 is 2.37 bits per heavy atom. The smallest absolute Gasteiger partial charge is 0.238 e. The van der Waals surface area contributed by atoms with Crippen LogP contribution in [0.4, 0.5) is 5.69 Å². The van der Waals surface area contributed by atoms with Gasteiger partial charge in [-0.15, -0.1) is 10.2 Å². The van der Waals surface area contributed by atoms with E-state index in [1.165, 1.54) is 36.0 Å². The number of carbonyl (C=O) groups is 1. The number of aromatic nitrogens is 3. The predicted molar refractivity (Wildman–Crippen MR) is 104 cm³/mol. The van der Waals surface area contributed by atoms with Gasteiger partial charge < -0.3 is 9.88 Å². The zero-order valence-electron chi connectivity index (χ0n) is 15.4.